The number of fused-ring (bicyclic) bond motifs is 8. The first-order valence-electron chi connectivity index (χ1n) is 23.5. The zero-order valence-corrected chi connectivity index (χ0v) is 38.4. The van der Waals surface area contributed by atoms with Crippen molar-refractivity contribution in [3.63, 3.8) is 0 Å². The molecule has 0 N–H and O–H groups in total. The van der Waals surface area contributed by atoms with Gasteiger partial charge in [0, 0.05) is 0 Å². The van der Waals surface area contributed by atoms with Gasteiger partial charge in [-0.15, -0.1) is 11.8 Å². The largest absolute Gasteiger partial charge is 0.481 e. The lowest BCUT2D eigenvalue weighted by Gasteiger charge is -2.34. The first-order chi connectivity index (χ1) is 34.1. The summed E-state index contributed by atoms with van der Waals surface area (Å²) in [6, 6.07) is 79.1. The summed E-state index contributed by atoms with van der Waals surface area (Å²) in [5.41, 5.74) is 13.7. The van der Waals surface area contributed by atoms with Crippen LogP contribution < -0.4 is 14.2 Å². The molecule has 10 aromatic carbocycles. The molecule has 0 atom stereocenters. The predicted octanol–water partition coefficient (Wildman–Crippen LogP) is 15.3. The minimum atomic E-state index is -0.557. The van der Waals surface area contributed by atoms with Crippen molar-refractivity contribution in [1.82, 2.24) is 0 Å². The van der Waals surface area contributed by atoms with Crippen LogP contribution in [0.15, 0.2) is 218 Å². The summed E-state index contributed by atoms with van der Waals surface area (Å²) in [5, 5.41) is 4.54. The fourth-order valence-electron chi connectivity index (χ4n) is 11.2. The second-order valence-corrected chi connectivity index (χ2v) is 17.7. The number of rotatable bonds is 10. The summed E-state index contributed by atoms with van der Waals surface area (Å²) in [6.07, 6.45) is 0. The zero-order valence-electron chi connectivity index (χ0n) is 38.4. The van der Waals surface area contributed by atoms with Crippen LogP contribution in [0.1, 0.15) is 58.4 Å². The third-order valence-corrected chi connectivity index (χ3v) is 14.2. The summed E-state index contributed by atoms with van der Waals surface area (Å²) < 4.78 is 18.6. The van der Waals surface area contributed by atoms with Crippen molar-refractivity contribution in [1.29, 1.82) is 0 Å². The monoisotopic (exact) mass is 886 g/mol. The highest BCUT2D eigenvalue weighted by molar-refractivity contribution is 5.92. The molecule has 0 spiro atoms. The van der Waals surface area contributed by atoms with E-state index in [2.05, 4.69) is 230 Å². The first kappa shape index (κ1) is 41.7. The van der Waals surface area contributed by atoms with Gasteiger partial charge in [-0.1, -0.05) is 170 Å². The molecule has 3 heteroatoms. The molecule has 0 amide bonds. The van der Waals surface area contributed by atoms with Gasteiger partial charge in [0.2, 0.25) is 0 Å². The molecule has 2 aliphatic rings. The van der Waals surface area contributed by atoms with Crippen LogP contribution in [0.3, 0.4) is 0 Å². The standard InChI is InChI=1S/C66H46O3/c1-3-5-39-67-55-33-25-45-41-51(27-23-47(45)43-55)65(61-19-11-7-15-57(61)58-16-8-12-20-62(58)65)49-29-35-53(36-30-49)69-54-37-31-50(32-38-54)66(63-21-13-9-17-59(63)60-18-10-14-22-64(60)66)52-28-24-48-44-56(68-40-6-4-2)34-26-46(48)42-52/h7-38,41-44H,39-40H2,1-2H3. The zero-order chi connectivity index (χ0) is 46.4. The van der Waals surface area contributed by atoms with Gasteiger partial charge >= 0.3 is 0 Å². The summed E-state index contributed by atoms with van der Waals surface area (Å²) in [5.74, 6) is 15.0. The van der Waals surface area contributed by atoms with Gasteiger partial charge in [-0.05, 0) is 163 Å². The smallest absolute Gasteiger partial charge is 0.149 e. The van der Waals surface area contributed by atoms with E-state index >= 15 is 0 Å². The molecule has 0 heterocycles. The first-order valence-corrected chi connectivity index (χ1v) is 23.5. The summed E-state index contributed by atoms with van der Waals surface area (Å²) in [7, 11) is 0. The Hall–Kier alpha value is -8.76. The maximum atomic E-state index is 6.74. The van der Waals surface area contributed by atoms with E-state index in [1.807, 2.05) is 26.0 Å². The highest BCUT2D eigenvalue weighted by atomic mass is 16.5. The molecule has 0 radical (unpaired) electrons. The van der Waals surface area contributed by atoms with Crippen molar-refractivity contribution in [3.8, 4) is 68.9 Å². The van der Waals surface area contributed by atoms with Crippen molar-refractivity contribution in [2.24, 2.45) is 0 Å². The third kappa shape index (κ3) is 6.78. The molecule has 3 nitrogen and oxygen atoms in total. The summed E-state index contributed by atoms with van der Waals surface area (Å²) >= 11 is 0. The molecule has 328 valence electrons. The van der Waals surface area contributed by atoms with Gasteiger partial charge in [-0.2, -0.15) is 0 Å². The van der Waals surface area contributed by atoms with Crippen molar-refractivity contribution in [2.75, 3.05) is 13.2 Å². The van der Waals surface area contributed by atoms with Crippen LogP contribution in [0.2, 0.25) is 0 Å². The van der Waals surface area contributed by atoms with Gasteiger partial charge in [0.25, 0.3) is 0 Å². The molecule has 69 heavy (non-hydrogen) atoms. The lowest BCUT2D eigenvalue weighted by Crippen LogP contribution is -2.28. The van der Waals surface area contributed by atoms with Crippen LogP contribution in [-0.4, -0.2) is 13.2 Å². The Morgan fingerprint density at radius 1 is 0.319 bits per heavy atom. The normalized spacial score (nSPS) is 13.2. The molecular weight excluding hydrogens is 841 g/mol. The molecule has 2 aliphatic carbocycles. The fraction of sp³-hybridized carbons (Fsp3) is 0.0909. The molecule has 0 aliphatic heterocycles. The minimum absolute atomic E-state index is 0.368. The average Bonchev–Trinajstić information content (AvgIpc) is 3.88. The van der Waals surface area contributed by atoms with Crippen LogP contribution in [0, 0.1) is 23.7 Å². The summed E-state index contributed by atoms with van der Waals surface area (Å²) in [6.45, 7) is 4.39. The highest BCUT2D eigenvalue weighted by Gasteiger charge is 2.47. The van der Waals surface area contributed by atoms with Gasteiger partial charge in [0.05, 0.1) is 10.8 Å². The minimum Gasteiger partial charge on any atom is -0.481 e. The van der Waals surface area contributed by atoms with Crippen LogP contribution >= 0.6 is 0 Å². The van der Waals surface area contributed by atoms with Gasteiger partial charge in [0.15, 0.2) is 0 Å². The Labute approximate surface area is 403 Å². The van der Waals surface area contributed by atoms with Gasteiger partial charge in [-0.25, -0.2) is 0 Å². The Morgan fingerprint density at radius 2 is 0.623 bits per heavy atom. The second-order valence-electron chi connectivity index (χ2n) is 17.7. The molecule has 0 aromatic heterocycles. The van der Waals surface area contributed by atoms with E-state index in [0.717, 1.165) is 44.5 Å². The number of benzene rings is 10. The number of ether oxygens (including phenoxy) is 3. The van der Waals surface area contributed by atoms with E-state index in [0.29, 0.717) is 13.2 Å². The molecular formula is C66H46O3. The molecule has 0 bridgehead atoms. The van der Waals surface area contributed by atoms with Crippen LogP contribution in [-0.2, 0) is 10.8 Å². The maximum Gasteiger partial charge on any atom is 0.149 e. The quantitative estimate of drug-likeness (QED) is 0.128. The Morgan fingerprint density at radius 3 is 0.986 bits per heavy atom. The molecule has 0 saturated carbocycles. The van der Waals surface area contributed by atoms with Crippen LogP contribution in [0.4, 0.5) is 0 Å². The third-order valence-electron chi connectivity index (χ3n) is 14.2. The Balaban J connectivity index is 0.914. The van der Waals surface area contributed by atoms with E-state index in [1.54, 1.807) is 0 Å². The van der Waals surface area contributed by atoms with Crippen LogP contribution in [0.25, 0.3) is 43.8 Å². The molecule has 0 unspecified atom stereocenters. The van der Waals surface area contributed by atoms with Gasteiger partial charge < -0.3 is 14.2 Å². The SMILES string of the molecule is CC#CCOc1ccc2cc(C3(c4ccc(Oc5ccc(C6(c7ccc8cc(OCC#CC)ccc8c7)c7ccccc7-c7ccccc76)cc5)cc4)c4ccccc4-c4ccccc43)ccc2c1. The Kier molecular flexibility index (Phi) is 10.4. The molecule has 12 rings (SSSR count). The number of hydrogen-bond acceptors (Lipinski definition) is 3. The molecule has 0 fully saturated rings. The van der Waals surface area contributed by atoms with E-state index in [4.69, 9.17) is 14.2 Å². The van der Waals surface area contributed by atoms with E-state index < -0.39 is 10.8 Å². The fourth-order valence-corrected chi connectivity index (χ4v) is 11.2. The van der Waals surface area contributed by atoms with Gasteiger partial charge in [0.1, 0.15) is 36.2 Å². The van der Waals surface area contributed by atoms with Crippen molar-refractivity contribution < 1.29 is 14.2 Å². The van der Waals surface area contributed by atoms with Crippen molar-refractivity contribution >= 4 is 21.5 Å². The van der Waals surface area contributed by atoms with Crippen LogP contribution in [0.5, 0.6) is 23.0 Å². The number of hydrogen-bond donors (Lipinski definition) is 0. The molecule has 0 saturated heterocycles. The lowest BCUT2D eigenvalue weighted by atomic mass is 9.67. The van der Waals surface area contributed by atoms with Crippen molar-refractivity contribution in [3.05, 3.63) is 263 Å². The second kappa shape index (κ2) is 17.2. The van der Waals surface area contributed by atoms with E-state index in [1.165, 1.54) is 66.8 Å². The average molecular weight is 887 g/mol. The van der Waals surface area contributed by atoms with E-state index in [9.17, 15) is 0 Å². The predicted molar refractivity (Wildman–Crippen MR) is 280 cm³/mol. The van der Waals surface area contributed by atoms with Crippen molar-refractivity contribution in [2.45, 2.75) is 24.7 Å². The summed E-state index contributed by atoms with van der Waals surface area (Å²) in [4.78, 5) is 0. The Bertz CT molecular complexity index is 3410. The van der Waals surface area contributed by atoms with Gasteiger partial charge in [-0.3, -0.25) is 0 Å². The molecule has 10 aromatic rings. The van der Waals surface area contributed by atoms with E-state index in [-0.39, 0.29) is 0 Å². The highest BCUT2D eigenvalue weighted by Crippen LogP contribution is 2.58. The maximum absolute atomic E-state index is 6.74. The lowest BCUT2D eigenvalue weighted by molar-refractivity contribution is 0.370. The topological polar surface area (TPSA) is 27.7 Å².